The molecule has 13 heteroatoms. The van der Waals surface area contributed by atoms with Crippen LogP contribution in [0.3, 0.4) is 0 Å². The average molecular weight is 783 g/mol. The zero-order chi connectivity index (χ0) is 42.1. The van der Waals surface area contributed by atoms with E-state index < -0.39 is 47.3 Å². The molecule has 0 radical (unpaired) electrons. The van der Waals surface area contributed by atoms with E-state index >= 15 is 0 Å². The maximum Gasteiger partial charge on any atom is 0.408 e. The molecule has 0 unspecified atom stereocenters. The molecule has 13 nitrogen and oxygen atoms in total. The van der Waals surface area contributed by atoms with E-state index in [2.05, 4.69) is 31.9 Å². The molecule has 0 aliphatic rings. The van der Waals surface area contributed by atoms with Crippen molar-refractivity contribution in [3.05, 3.63) is 166 Å². The Bertz CT molecular complexity index is 2210. The molecule has 0 heterocycles. The maximum absolute atomic E-state index is 14.2. The van der Waals surface area contributed by atoms with E-state index in [1.165, 1.54) is 38.3 Å². The number of carbonyl (C=O) groups is 6. The molecule has 0 spiro atoms. The molecule has 0 aliphatic carbocycles. The van der Waals surface area contributed by atoms with Crippen LogP contribution in [0.5, 0.6) is 0 Å². The molecular formula is C45H46N6O7. The molecule has 0 fully saturated rings. The molecule has 0 saturated carbocycles. The van der Waals surface area contributed by atoms with Gasteiger partial charge >= 0.3 is 6.09 Å². The number of carbonyl (C=O) groups excluding carboxylic acids is 6. The Morgan fingerprint density at radius 1 is 0.483 bits per heavy atom. The zero-order valence-electron chi connectivity index (χ0n) is 32.8. The Balaban J connectivity index is 1.69. The van der Waals surface area contributed by atoms with Crippen molar-refractivity contribution >= 4 is 59.9 Å². The molecule has 298 valence electrons. The van der Waals surface area contributed by atoms with Crippen LogP contribution in [-0.2, 0) is 28.7 Å². The summed E-state index contributed by atoms with van der Waals surface area (Å²) in [5, 5.41) is 15.3. The van der Waals surface area contributed by atoms with Gasteiger partial charge in [0.05, 0.1) is 0 Å². The summed E-state index contributed by atoms with van der Waals surface area (Å²) in [5.41, 5.74) is 0.501. The largest absolute Gasteiger partial charge is 0.444 e. The molecule has 58 heavy (non-hydrogen) atoms. The number of hydrogen-bond donors (Lipinski definition) is 6. The van der Waals surface area contributed by atoms with Gasteiger partial charge in [0.2, 0.25) is 5.91 Å². The Hall–Kier alpha value is -7.54. The van der Waals surface area contributed by atoms with E-state index in [1.54, 1.807) is 136 Å². The lowest BCUT2D eigenvalue weighted by Gasteiger charge is -2.22. The third-order valence-electron chi connectivity index (χ3n) is 7.78. The van der Waals surface area contributed by atoms with E-state index in [1.807, 2.05) is 6.07 Å². The molecule has 4 aromatic carbocycles. The highest BCUT2D eigenvalue weighted by molar-refractivity contribution is 6.12. The summed E-state index contributed by atoms with van der Waals surface area (Å²) < 4.78 is 5.26. The van der Waals surface area contributed by atoms with Crippen LogP contribution in [0.2, 0.25) is 0 Å². The van der Waals surface area contributed by atoms with Crippen molar-refractivity contribution in [3.63, 3.8) is 0 Å². The normalized spacial score (nSPS) is 12.6. The standard InChI is InChI=1S/C45H46N6O7/c1-30(47-44(57)58-45(2,3)4)39(52)48-36(27-32-20-12-7-13-21-32)41(54)50-38(29-34-24-16-9-17-25-34)43(56)51-37(28-33-22-14-8-15-23-33)42(55)49-35(40(53)46-5)26-31-18-10-6-11-19-31/h6-30H,1-5H3,(H,46,53)(H,47,57)(H,48,52)(H,49,55)(H,50,54)(H,51,56)/b35-26+,36-27-,37-28-,38-29-/t30-/m0/s1. The Morgan fingerprint density at radius 2 is 0.776 bits per heavy atom. The van der Waals surface area contributed by atoms with Gasteiger partial charge in [0.25, 0.3) is 23.6 Å². The van der Waals surface area contributed by atoms with Crippen molar-refractivity contribution in [2.45, 2.75) is 39.3 Å². The van der Waals surface area contributed by atoms with Gasteiger partial charge < -0.3 is 36.6 Å². The summed E-state index contributed by atoms with van der Waals surface area (Å²) >= 11 is 0. The Kier molecular flexibility index (Phi) is 15.6. The second kappa shape index (κ2) is 20.9. The third-order valence-corrected chi connectivity index (χ3v) is 7.78. The van der Waals surface area contributed by atoms with Crippen molar-refractivity contribution in [1.82, 2.24) is 31.9 Å². The summed E-state index contributed by atoms with van der Waals surface area (Å²) in [4.78, 5) is 80.9. The van der Waals surface area contributed by atoms with Crippen molar-refractivity contribution in [3.8, 4) is 0 Å². The van der Waals surface area contributed by atoms with Crippen molar-refractivity contribution in [1.29, 1.82) is 0 Å². The van der Waals surface area contributed by atoms with Gasteiger partial charge in [-0.2, -0.15) is 0 Å². The SMILES string of the molecule is CNC(=O)/C(=C\c1ccccc1)NC(=O)/C(=C/c1ccccc1)NC(=O)/C(=C/c1ccccc1)NC(=O)/C(=C/c1ccccc1)NC(=O)[C@H](C)NC(=O)OC(C)(C)C. The molecule has 4 aromatic rings. The topological polar surface area (TPSA) is 184 Å². The monoisotopic (exact) mass is 782 g/mol. The second-order valence-electron chi connectivity index (χ2n) is 13.7. The fraction of sp³-hybridized carbons (Fsp3) is 0.156. The van der Waals surface area contributed by atoms with E-state index in [9.17, 15) is 28.8 Å². The van der Waals surface area contributed by atoms with Crippen LogP contribution in [0.4, 0.5) is 4.79 Å². The lowest BCUT2D eigenvalue weighted by molar-refractivity contribution is -0.125. The summed E-state index contributed by atoms with van der Waals surface area (Å²) in [6.07, 6.45) is 4.86. The first-order valence-electron chi connectivity index (χ1n) is 18.2. The van der Waals surface area contributed by atoms with Gasteiger partial charge in [-0.25, -0.2) is 4.79 Å². The maximum atomic E-state index is 14.2. The minimum absolute atomic E-state index is 0.0953. The summed E-state index contributed by atoms with van der Waals surface area (Å²) in [7, 11) is 1.42. The first-order chi connectivity index (χ1) is 27.7. The number of likely N-dealkylation sites (N-methyl/N-ethyl adjacent to an activating group) is 1. The second-order valence-corrected chi connectivity index (χ2v) is 13.7. The van der Waals surface area contributed by atoms with Crippen LogP contribution in [-0.4, -0.2) is 54.3 Å². The fourth-order valence-electron chi connectivity index (χ4n) is 4.99. The summed E-state index contributed by atoms with van der Waals surface area (Å²) in [5.74, 6) is -3.98. The Morgan fingerprint density at radius 3 is 1.07 bits per heavy atom. The molecule has 0 saturated heterocycles. The van der Waals surface area contributed by atoms with E-state index in [0.29, 0.717) is 22.3 Å². The first kappa shape index (κ1) is 43.2. The van der Waals surface area contributed by atoms with Gasteiger partial charge in [-0.05, 0) is 74.3 Å². The number of nitrogens with one attached hydrogen (secondary N) is 6. The van der Waals surface area contributed by atoms with Gasteiger partial charge in [0.15, 0.2) is 0 Å². The molecular weight excluding hydrogens is 737 g/mol. The quantitative estimate of drug-likeness (QED) is 0.0942. The van der Waals surface area contributed by atoms with E-state index in [-0.39, 0.29) is 22.8 Å². The van der Waals surface area contributed by atoms with Crippen LogP contribution < -0.4 is 31.9 Å². The first-order valence-corrected chi connectivity index (χ1v) is 18.2. The van der Waals surface area contributed by atoms with Gasteiger partial charge in [-0.3, -0.25) is 24.0 Å². The van der Waals surface area contributed by atoms with Gasteiger partial charge in [0.1, 0.15) is 34.4 Å². The predicted octanol–water partition coefficient (Wildman–Crippen LogP) is 5.27. The summed E-state index contributed by atoms with van der Waals surface area (Å²) in [6, 6.07) is 33.7. The molecule has 0 bridgehead atoms. The van der Waals surface area contributed by atoms with E-state index in [0.717, 1.165) is 0 Å². The van der Waals surface area contributed by atoms with Gasteiger partial charge in [-0.1, -0.05) is 121 Å². The van der Waals surface area contributed by atoms with E-state index in [4.69, 9.17) is 4.74 Å². The lowest BCUT2D eigenvalue weighted by Crippen LogP contribution is -2.48. The molecule has 0 aromatic heterocycles. The van der Waals surface area contributed by atoms with Crippen molar-refractivity contribution in [2.75, 3.05) is 7.05 Å². The zero-order valence-corrected chi connectivity index (χ0v) is 32.8. The highest BCUT2D eigenvalue weighted by Gasteiger charge is 2.25. The predicted molar refractivity (Wildman–Crippen MR) is 223 cm³/mol. The number of alkyl carbamates (subject to hydrolysis) is 1. The molecule has 6 amide bonds. The smallest absolute Gasteiger partial charge is 0.408 e. The van der Waals surface area contributed by atoms with Crippen molar-refractivity contribution in [2.24, 2.45) is 0 Å². The van der Waals surface area contributed by atoms with Crippen LogP contribution in [0.1, 0.15) is 49.9 Å². The van der Waals surface area contributed by atoms with Gasteiger partial charge in [0, 0.05) is 7.05 Å². The van der Waals surface area contributed by atoms with Gasteiger partial charge in [-0.15, -0.1) is 0 Å². The molecule has 0 aliphatic heterocycles. The fourth-order valence-corrected chi connectivity index (χ4v) is 4.99. The minimum atomic E-state index is -1.13. The average Bonchev–Trinajstić information content (AvgIpc) is 3.20. The van der Waals surface area contributed by atoms with Crippen molar-refractivity contribution < 1.29 is 33.5 Å². The Labute approximate surface area is 337 Å². The number of amides is 6. The van der Waals surface area contributed by atoms with Crippen LogP contribution >= 0.6 is 0 Å². The lowest BCUT2D eigenvalue weighted by atomic mass is 10.1. The third kappa shape index (κ3) is 14.3. The number of hydrogen-bond acceptors (Lipinski definition) is 7. The molecule has 6 N–H and O–H groups in total. The minimum Gasteiger partial charge on any atom is -0.444 e. The highest BCUT2D eigenvalue weighted by atomic mass is 16.6. The number of rotatable bonds is 14. The highest BCUT2D eigenvalue weighted by Crippen LogP contribution is 2.13. The number of benzene rings is 4. The number of ether oxygens (including phenoxy) is 1. The molecule has 4 rings (SSSR count). The van der Waals surface area contributed by atoms with Crippen LogP contribution in [0, 0.1) is 0 Å². The van der Waals surface area contributed by atoms with Crippen LogP contribution in [0.15, 0.2) is 144 Å². The molecule has 1 atom stereocenters. The van der Waals surface area contributed by atoms with Crippen LogP contribution in [0.25, 0.3) is 24.3 Å². The summed E-state index contributed by atoms with van der Waals surface area (Å²) in [6.45, 7) is 6.45.